The van der Waals surface area contributed by atoms with Crippen LogP contribution < -0.4 is 11.5 Å². The van der Waals surface area contributed by atoms with Gasteiger partial charge in [-0.25, -0.2) is 0 Å². The largest absolute Gasteiger partial charge is 0.370 e. The van der Waals surface area contributed by atoms with Gasteiger partial charge in [-0.2, -0.15) is 0 Å². The minimum Gasteiger partial charge on any atom is -0.370 e. The second-order valence-electron chi connectivity index (χ2n) is 14.0. The zero-order valence-electron chi connectivity index (χ0n) is 25.9. The molecule has 1 heterocycles. The molecule has 3 aromatic rings. The summed E-state index contributed by atoms with van der Waals surface area (Å²) in [5.41, 5.74) is 17.6. The molecule has 0 aliphatic heterocycles. The monoisotopic (exact) mass is 569 g/mol. The van der Waals surface area contributed by atoms with Gasteiger partial charge in [0.2, 0.25) is 0 Å². The van der Waals surface area contributed by atoms with E-state index in [1.54, 1.807) is 6.07 Å². The van der Waals surface area contributed by atoms with Crippen LogP contribution in [0.4, 0.5) is 0 Å². The number of ketones is 1. The number of para-hydroxylation sites is 1. The number of benzene rings is 2. The molecule has 1 aromatic heterocycles. The summed E-state index contributed by atoms with van der Waals surface area (Å²) in [5, 5.41) is 0.926. The number of rotatable bonds is 8. The van der Waals surface area contributed by atoms with Crippen molar-refractivity contribution in [2.24, 2.45) is 28.3 Å². The molecule has 0 bridgehead atoms. The Morgan fingerprint density at radius 1 is 0.929 bits per heavy atom. The third-order valence-corrected chi connectivity index (χ3v) is 9.90. The number of fused-ring (bicyclic) bond motifs is 2. The summed E-state index contributed by atoms with van der Waals surface area (Å²) in [4.78, 5) is 36.8. The van der Waals surface area contributed by atoms with Gasteiger partial charge in [0.25, 0.3) is 11.7 Å². The van der Waals surface area contributed by atoms with Crippen LogP contribution in [0.15, 0.2) is 47.5 Å². The zero-order chi connectivity index (χ0) is 30.2. The average molecular weight is 570 g/mol. The van der Waals surface area contributed by atoms with E-state index in [2.05, 4.69) is 56.7 Å². The molecule has 2 aromatic carbocycles. The Morgan fingerprint density at radius 3 is 2.19 bits per heavy atom. The first-order chi connectivity index (χ1) is 19.8. The van der Waals surface area contributed by atoms with Gasteiger partial charge in [-0.1, -0.05) is 58.0 Å². The Bertz CT molecular complexity index is 1470. The maximum absolute atomic E-state index is 14.0. The van der Waals surface area contributed by atoms with Crippen LogP contribution in [0.5, 0.6) is 0 Å². The van der Waals surface area contributed by atoms with Gasteiger partial charge in [0.15, 0.2) is 5.96 Å². The lowest BCUT2D eigenvalue weighted by molar-refractivity contribution is -0.127. The van der Waals surface area contributed by atoms with E-state index in [1.807, 2.05) is 29.2 Å². The summed E-state index contributed by atoms with van der Waals surface area (Å²) >= 11 is 0. The normalized spacial score (nSPS) is 21.0. The molecular formula is C35H47N5O2. The van der Waals surface area contributed by atoms with E-state index in [-0.39, 0.29) is 16.8 Å². The van der Waals surface area contributed by atoms with Gasteiger partial charge in [-0.15, -0.1) is 0 Å². The van der Waals surface area contributed by atoms with E-state index in [9.17, 15) is 9.59 Å². The Labute approximate surface area is 250 Å². The summed E-state index contributed by atoms with van der Waals surface area (Å²) in [6.07, 6.45) is 6.28. The summed E-state index contributed by atoms with van der Waals surface area (Å²) in [7, 11) is 0. The fraction of sp³-hybridized carbons (Fsp3) is 0.514. The number of nitrogens with zero attached hydrogens (tertiary/aromatic N) is 2. The number of aryl methyl sites for hydroxylation is 1. The molecule has 2 aliphatic rings. The van der Waals surface area contributed by atoms with Crippen LogP contribution in [0, 0.1) is 18.8 Å². The van der Waals surface area contributed by atoms with Crippen LogP contribution in [-0.4, -0.2) is 40.6 Å². The lowest BCUT2D eigenvalue weighted by atomic mass is 9.62. The summed E-state index contributed by atoms with van der Waals surface area (Å²) in [6, 6.07) is 14.2. The number of hydrogen-bond acceptors (Lipinski definition) is 3. The van der Waals surface area contributed by atoms with Crippen molar-refractivity contribution in [1.29, 1.82) is 0 Å². The van der Waals surface area contributed by atoms with Gasteiger partial charge < -0.3 is 21.4 Å². The summed E-state index contributed by atoms with van der Waals surface area (Å²) in [6.45, 7) is 13.1. The molecule has 0 radical (unpaired) electrons. The number of guanidine groups is 1. The summed E-state index contributed by atoms with van der Waals surface area (Å²) in [5.74, 6) is -0.0100. The van der Waals surface area contributed by atoms with Crippen LogP contribution in [0.25, 0.3) is 10.9 Å². The number of hydrogen-bond donors (Lipinski definition) is 3. The van der Waals surface area contributed by atoms with E-state index in [0.29, 0.717) is 37.2 Å². The number of aliphatic imine (C=N–C) groups is 1. The smallest absolute Gasteiger partial charge is 0.296 e. The molecule has 7 nitrogen and oxygen atoms in total. The fourth-order valence-corrected chi connectivity index (χ4v) is 6.96. The Morgan fingerprint density at radius 2 is 1.55 bits per heavy atom. The first-order valence-corrected chi connectivity index (χ1v) is 15.5. The zero-order valence-corrected chi connectivity index (χ0v) is 25.9. The third-order valence-electron chi connectivity index (χ3n) is 9.90. The predicted octanol–water partition coefficient (Wildman–Crippen LogP) is 6.12. The van der Waals surface area contributed by atoms with Gasteiger partial charge in [0.05, 0.1) is 5.69 Å². The molecule has 1 saturated carbocycles. The molecule has 1 fully saturated rings. The SMILES string of the molecule is Cc1cc2c(cc1CN(CC1CCC(CN=C(N)N)CC1)C(=O)C(=O)c1cc3ccccc3[nH]1)C(C)(C)CCC2(C)C. The highest BCUT2D eigenvalue weighted by Crippen LogP contribution is 2.46. The number of nitrogens with two attached hydrogens (primary N) is 2. The molecular weight excluding hydrogens is 522 g/mol. The molecule has 0 saturated heterocycles. The average Bonchev–Trinajstić information content (AvgIpc) is 3.39. The molecule has 0 unspecified atom stereocenters. The topological polar surface area (TPSA) is 118 Å². The van der Waals surface area contributed by atoms with E-state index < -0.39 is 11.7 Å². The molecule has 2 aliphatic carbocycles. The van der Waals surface area contributed by atoms with Crippen molar-refractivity contribution in [2.75, 3.05) is 13.1 Å². The van der Waals surface area contributed by atoms with Crippen molar-refractivity contribution in [1.82, 2.24) is 9.88 Å². The van der Waals surface area contributed by atoms with E-state index in [4.69, 9.17) is 11.5 Å². The van der Waals surface area contributed by atoms with Crippen LogP contribution >= 0.6 is 0 Å². The first kappa shape index (κ1) is 29.9. The van der Waals surface area contributed by atoms with E-state index in [0.717, 1.165) is 55.0 Å². The molecule has 0 spiro atoms. The number of aromatic amines is 1. The second kappa shape index (κ2) is 11.6. The van der Waals surface area contributed by atoms with Crippen molar-refractivity contribution in [3.05, 3.63) is 70.4 Å². The van der Waals surface area contributed by atoms with Gasteiger partial charge >= 0.3 is 0 Å². The highest BCUT2D eigenvalue weighted by atomic mass is 16.2. The molecule has 5 N–H and O–H groups in total. The standard InChI is InChI=1S/C35H47N5O2/c1-22-16-27-28(35(4,5)15-14-34(27,2)3)17-26(22)21-40(20-24-12-10-23(11-13-24)19-38-33(36)37)32(42)31(41)30-18-25-8-6-7-9-29(25)39-30/h6-9,16-18,23-24,39H,10-15,19-21H2,1-5H3,(H4,36,37,38). The van der Waals surface area contributed by atoms with Crippen molar-refractivity contribution >= 4 is 28.6 Å². The van der Waals surface area contributed by atoms with E-state index in [1.165, 1.54) is 16.7 Å². The number of nitrogens with one attached hydrogen (secondary N) is 1. The van der Waals surface area contributed by atoms with Crippen LogP contribution in [0.2, 0.25) is 0 Å². The van der Waals surface area contributed by atoms with E-state index >= 15 is 0 Å². The van der Waals surface area contributed by atoms with Crippen molar-refractivity contribution in [2.45, 2.75) is 90.5 Å². The number of Topliss-reactive ketones (excluding diaryl/α,β-unsaturated/α-hetero) is 1. The molecule has 1 amide bonds. The molecule has 42 heavy (non-hydrogen) atoms. The number of carbonyl (C=O) groups is 2. The third kappa shape index (κ3) is 6.25. The number of aromatic nitrogens is 1. The predicted molar refractivity (Wildman–Crippen MR) is 171 cm³/mol. The van der Waals surface area contributed by atoms with Crippen molar-refractivity contribution in [3.63, 3.8) is 0 Å². The minimum atomic E-state index is -0.482. The van der Waals surface area contributed by atoms with Crippen LogP contribution in [0.1, 0.15) is 99.0 Å². The molecule has 5 rings (SSSR count). The lowest BCUT2D eigenvalue weighted by Gasteiger charge is -2.42. The fourth-order valence-electron chi connectivity index (χ4n) is 6.96. The lowest BCUT2D eigenvalue weighted by Crippen LogP contribution is -2.41. The number of carbonyl (C=O) groups excluding carboxylic acids is 2. The summed E-state index contributed by atoms with van der Waals surface area (Å²) < 4.78 is 0. The second-order valence-corrected chi connectivity index (χ2v) is 14.0. The van der Waals surface area contributed by atoms with Gasteiger partial charge in [-0.05, 0) is 103 Å². The number of H-pyrrole nitrogens is 1. The minimum absolute atomic E-state index is 0.0656. The quantitative estimate of drug-likeness (QED) is 0.131. The molecule has 7 heteroatoms. The Balaban J connectivity index is 1.42. The maximum atomic E-state index is 14.0. The van der Waals surface area contributed by atoms with Gasteiger partial charge in [-0.3, -0.25) is 14.6 Å². The van der Waals surface area contributed by atoms with Crippen molar-refractivity contribution < 1.29 is 9.59 Å². The molecule has 0 atom stereocenters. The molecule has 224 valence electrons. The Kier molecular flexibility index (Phi) is 8.23. The van der Waals surface area contributed by atoms with Gasteiger partial charge in [0, 0.05) is 30.5 Å². The van der Waals surface area contributed by atoms with Crippen molar-refractivity contribution in [3.8, 4) is 0 Å². The highest BCUT2D eigenvalue weighted by molar-refractivity contribution is 6.42. The number of amides is 1. The highest BCUT2D eigenvalue weighted by Gasteiger charge is 2.38. The maximum Gasteiger partial charge on any atom is 0.296 e. The first-order valence-electron chi connectivity index (χ1n) is 15.5. The Hall–Kier alpha value is -3.61. The van der Waals surface area contributed by atoms with Gasteiger partial charge in [0.1, 0.15) is 0 Å². The van der Waals surface area contributed by atoms with Crippen LogP contribution in [0.3, 0.4) is 0 Å². The van der Waals surface area contributed by atoms with Crippen LogP contribution in [-0.2, 0) is 22.2 Å².